The number of benzene rings is 1. The zero-order valence-electron chi connectivity index (χ0n) is 13.9. The summed E-state index contributed by atoms with van der Waals surface area (Å²) in [4.78, 5) is 0. The lowest BCUT2D eigenvalue weighted by Gasteiger charge is -2.09. The number of hydrogen-bond donors (Lipinski definition) is 0. The lowest BCUT2D eigenvalue weighted by molar-refractivity contribution is 0.539. The average molecular weight is 287 g/mol. The van der Waals surface area contributed by atoms with E-state index in [1.165, 1.54) is 96.3 Å². The van der Waals surface area contributed by atoms with Crippen LogP contribution < -0.4 is 0 Å². The standard InChI is InChI=1S/C21H34/c1-2-4-6-8-10-12-16-20-18-14-15-19-21(20)17-13-11-9-7-5-3-1/h14-15,18-19H,1-13,16-17H2. The van der Waals surface area contributed by atoms with Crippen molar-refractivity contribution in [3.8, 4) is 0 Å². The molecular weight excluding hydrogens is 252 g/mol. The first-order valence-electron chi connectivity index (χ1n) is 9.53. The van der Waals surface area contributed by atoms with E-state index >= 15 is 0 Å². The van der Waals surface area contributed by atoms with Gasteiger partial charge in [0.1, 0.15) is 0 Å². The maximum absolute atomic E-state index is 2.36. The fraction of sp³-hybridized carbons (Fsp3) is 0.714. The molecule has 0 heterocycles. The number of aryl methyl sites for hydroxylation is 2. The Morgan fingerprint density at radius 1 is 0.381 bits per heavy atom. The summed E-state index contributed by atoms with van der Waals surface area (Å²) in [7, 11) is 0. The van der Waals surface area contributed by atoms with Crippen molar-refractivity contribution in [3.05, 3.63) is 35.4 Å². The van der Waals surface area contributed by atoms with Gasteiger partial charge >= 0.3 is 0 Å². The molecule has 0 N–H and O–H groups in total. The van der Waals surface area contributed by atoms with E-state index in [4.69, 9.17) is 0 Å². The van der Waals surface area contributed by atoms with Gasteiger partial charge in [-0.3, -0.25) is 0 Å². The van der Waals surface area contributed by atoms with E-state index in [1.807, 2.05) is 0 Å². The van der Waals surface area contributed by atoms with Crippen molar-refractivity contribution in [2.24, 2.45) is 0 Å². The molecular formula is C21H34. The number of rotatable bonds is 0. The summed E-state index contributed by atoms with van der Waals surface area (Å²) in [5.74, 6) is 0. The Morgan fingerprint density at radius 2 is 0.667 bits per heavy atom. The van der Waals surface area contributed by atoms with Crippen molar-refractivity contribution in [3.63, 3.8) is 0 Å². The van der Waals surface area contributed by atoms with Gasteiger partial charge in [-0.1, -0.05) is 94.9 Å². The van der Waals surface area contributed by atoms with E-state index in [9.17, 15) is 0 Å². The topological polar surface area (TPSA) is 0 Å². The minimum absolute atomic E-state index is 1.30. The SMILES string of the molecule is c1ccc2c(c1)CCCCCCCCCCCCCCC2. The Bertz CT molecular complexity index is 331. The lowest BCUT2D eigenvalue weighted by Crippen LogP contribution is -1.95. The molecule has 1 aromatic rings. The smallest absolute Gasteiger partial charge is 0.0276 e. The molecule has 0 heteroatoms. The van der Waals surface area contributed by atoms with Crippen LogP contribution in [-0.2, 0) is 12.8 Å². The molecule has 0 unspecified atom stereocenters. The predicted octanol–water partition coefficient (Wildman–Crippen LogP) is 6.86. The van der Waals surface area contributed by atoms with Gasteiger partial charge in [0.05, 0.1) is 0 Å². The molecule has 0 amide bonds. The molecule has 0 aliphatic heterocycles. The molecule has 0 fully saturated rings. The first kappa shape index (κ1) is 16.6. The van der Waals surface area contributed by atoms with Crippen LogP contribution in [0.1, 0.15) is 94.6 Å². The summed E-state index contributed by atoms with van der Waals surface area (Å²) in [6, 6.07) is 9.18. The van der Waals surface area contributed by atoms with Gasteiger partial charge in [0, 0.05) is 0 Å². The highest BCUT2D eigenvalue weighted by molar-refractivity contribution is 5.27. The van der Waals surface area contributed by atoms with Gasteiger partial charge in [-0.15, -0.1) is 0 Å². The van der Waals surface area contributed by atoms with Gasteiger partial charge < -0.3 is 0 Å². The van der Waals surface area contributed by atoms with Crippen molar-refractivity contribution in [1.82, 2.24) is 0 Å². The van der Waals surface area contributed by atoms with E-state index in [0.29, 0.717) is 0 Å². The summed E-state index contributed by atoms with van der Waals surface area (Å²) in [5, 5.41) is 0. The van der Waals surface area contributed by atoms with E-state index < -0.39 is 0 Å². The fourth-order valence-electron chi connectivity index (χ4n) is 3.62. The molecule has 0 aromatic heterocycles. The van der Waals surface area contributed by atoms with Crippen LogP contribution in [0.2, 0.25) is 0 Å². The molecule has 1 aromatic carbocycles. The van der Waals surface area contributed by atoms with Crippen molar-refractivity contribution in [2.45, 2.75) is 96.3 Å². The Hall–Kier alpha value is -0.780. The molecule has 2 rings (SSSR count). The second-order valence-electron chi connectivity index (χ2n) is 6.86. The predicted molar refractivity (Wildman–Crippen MR) is 93.9 cm³/mol. The minimum Gasteiger partial charge on any atom is -0.0620 e. The summed E-state index contributed by atoms with van der Waals surface area (Å²) in [6.45, 7) is 0. The first-order chi connectivity index (χ1) is 10.5. The van der Waals surface area contributed by atoms with Crippen molar-refractivity contribution in [2.75, 3.05) is 0 Å². The fourth-order valence-corrected chi connectivity index (χ4v) is 3.62. The normalized spacial score (nSPS) is 20.4. The summed E-state index contributed by atoms with van der Waals surface area (Å²) < 4.78 is 0. The van der Waals surface area contributed by atoms with Crippen LogP contribution in [-0.4, -0.2) is 0 Å². The van der Waals surface area contributed by atoms with Crippen LogP contribution in [0.4, 0.5) is 0 Å². The first-order valence-corrected chi connectivity index (χ1v) is 9.53. The Balaban J connectivity index is 1.82. The molecule has 118 valence electrons. The van der Waals surface area contributed by atoms with Gasteiger partial charge in [0.2, 0.25) is 0 Å². The molecule has 21 heavy (non-hydrogen) atoms. The molecule has 1 aliphatic carbocycles. The van der Waals surface area contributed by atoms with Crippen molar-refractivity contribution >= 4 is 0 Å². The number of hydrogen-bond acceptors (Lipinski definition) is 0. The van der Waals surface area contributed by atoms with E-state index in [1.54, 1.807) is 11.1 Å². The van der Waals surface area contributed by atoms with Gasteiger partial charge in [-0.2, -0.15) is 0 Å². The minimum atomic E-state index is 1.30. The molecule has 0 spiro atoms. The summed E-state index contributed by atoms with van der Waals surface area (Å²) in [6.07, 6.45) is 21.4. The zero-order valence-corrected chi connectivity index (χ0v) is 13.9. The molecule has 0 radical (unpaired) electrons. The van der Waals surface area contributed by atoms with Crippen LogP contribution in [0.15, 0.2) is 24.3 Å². The lowest BCUT2D eigenvalue weighted by atomic mass is 9.96. The highest BCUT2D eigenvalue weighted by atomic mass is 14.1. The van der Waals surface area contributed by atoms with Gasteiger partial charge in [0.25, 0.3) is 0 Å². The van der Waals surface area contributed by atoms with E-state index in [2.05, 4.69) is 24.3 Å². The van der Waals surface area contributed by atoms with Crippen LogP contribution in [0.5, 0.6) is 0 Å². The molecule has 0 saturated heterocycles. The largest absolute Gasteiger partial charge is 0.0620 e. The molecule has 0 nitrogen and oxygen atoms in total. The van der Waals surface area contributed by atoms with Crippen LogP contribution in [0, 0.1) is 0 Å². The highest BCUT2D eigenvalue weighted by Crippen LogP contribution is 2.18. The maximum atomic E-state index is 2.36. The highest BCUT2D eigenvalue weighted by Gasteiger charge is 2.02. The van der Waals surface area contributed by atoms with E-state index in [-0.39, 0.29) is 0 Å². The summed E-state index contributed by atoms with van der Waals surface area (Å²) in [5.41, 5.74) is 3.25. The quantitative estimate of drug-likeness (QED) is 0.489. The van der Waals surface area contributed by atoms with Gasteiger partial charge in [-0.25, -0.2) is 0 Å². The summed E-state index contributed by atoms with van der Waals surface area (Å²) >= 11 is 0. The van der Waals surface area contributed by atoms with Gasteiger partial charge in [0.15, 0.2) is 0 Å². The molecule has 0 atom stereocenters. The monoisotopic (exact) mass is 286 g/mol. The Kier molecular flexibility index (Phi) is 8.59. The van der Waals surface area contributed by atoms with Crippen LogP contribution in [0.25, 0.3) is 0 Å². The zero-order chi connectivity index (χ0) is 14.6. The Morgan fingerprint density at radius 3 is 1.00 bits per heavy atom. The second-order valence-corrected chi connectivity index (χ2v) is 6.86. The van der Waals surface area contributed by atoms with Crippen molar-refractivity contribution in [1.29, 1.82) is 0 Å². The Labute approximate surface area is 132 Å². The number of fused-ring (bicyclic) bond motifs is 1. The maximum Gasteiger partial charge on any atom is -0.0276 e. The molecule has 1 aliphatic rings. The third-order valence-electron chi connectivity index (χ3n) is 5.01. The second kappa shape index (κ2) is 10.9. The van der Waals surface area contributed by atoms with Crippen LogP contribution >= 0.6 is 0 Å². The van der Waals surface area contributed by atoms with Gasteiger partial charge in [-0.05, 0) is 36.8 Å². The molecule has 0 saturated carbocycles. The average Bonchev–Trinajstić information content (AvgIpc) is 2.52. The van der Waals surface area contributed by atoms with Crippen LogP contribution in [0.3, 0.4) is 0 Å². The third-order valence-corrected chi connectivity index (χ3v) is 5.01. The van der Waals surface area contributed by atoms with E-state index in [0.717, 1.165) is 0 Å². The van der Waals surface area contributed by atoms with Crippen molar-refractivity contribution < 1.29 is 0 Å². The third kappa shape index (κ3) is 7.16. The molecule has 0 bridgehead atoms.